The largest absolute Gasteiger partial charge is 0.489 e. The fourth-order valence-electron chi connectivity index (χ4n) is 6.27. The normalized spacial score (nSPS) is 30.0. The molecule has 7 nitrogen and oxygen atoms in total. The Morgan fingerprint density at radius 3 is 2.63 bits per heavy atom. The summed E-state index contributed by atoms with van der Waals surface area (Å²) in [7, 11) is 0. The van der Waals surface area contributed by atoms with Gasteiger partial charge in [-0.15, -0.1) is 0 Å². The average molecular weight is 480 g/mol. The van der Waals surface area contributed by atoms with Crippen molar-refractivity contribution in [1.29, 1.82) is 0 Å². The third kappa shape index (κ3) is 4.85. The van der Waals surface area contributed by atoms with Crippen molar-refractivity contribution in [2.75, 3.05) is 19.7 Å². The zero-order valence-corrected chi connectivity index (χ0v) is 20.5. The molecular weight excluding hydrogens is 442 g/mol. The highest BCUT2D eigenvalue weighted by molar-refractivity contribution is 6.01. The molecule has 0 bridgehead atoms. The van der Waals surface area contributed by atoms with E-state index in [9.17, 15) is 9.59 Å². The van der Waals surface area contributed by atoms with Crippen LogP contribution in [0.15, 0.2) is 30.5 Å². The number of piperidine rings is 2. The summed E-state index contributed by atoms with van der Waals surface area (Å²) >= 11 is 0. The number of ether oxygens (including phenoxy) is 2. The van der Waals surface area contributed by atoms with Crippen molar-refractivity contribution in [3.8, 4) is 5.75 Å². The predicted octanol–water partition coefficient (Wildman–Crippen LogP) is 3.63. The fraction of sp³-hybridized carbons (Fsp3) is 0.643. The van der Waals surface area contributed by atoms with Crippen LogP contribution in [0.4, 0.5) is 0 Å². The number of benzene rings is 1. The first-order valence-electron chi connectivity index (χ1n) is 13.5. The summed E-state index contributed by atoms with van der Waals surface area (Å²) in [5, 5.41) is 2.80. The van der Waals surface area contributed by atoms with Gasteiger partial charge >= 0.3 is 0 Å². The Labute approximate surface area is 207 Å². The predicted molar refractivity (Wildman–Crippen MR) is 132 cm³/mol. The Hall–Kier alpha value is -2.38. The van der Waals surface area contributed by atoms with E-state index in [0.717, 1.165) is 61.9 Å². The van der Waals surface area contributed by atoms with Crippen LogP contribution in [0.5, 0.6) is 5.75 Å². The van der Waals surface area contributed by atoms with E-state index in [-0.39, 0.29) is 17.9 Å². The lowest BCUT2D eigenvalue weighted by atomic mass is 10.0. The SMILES string of the molecule is C=C1CCC(N2Cc3cc(O[C@H]4CCC[C@H]4N4CCC(OCC5CC5)CC4)ccc3C2=O)C(=O)N1. The molecule has 3 atom stereocenters. The summed E-state index contributed by atoms with van der Waals surface area (Å²) < 4.78 is 12.7. The Morgan fingerprint density at radius 1 is 1.03 bits per heavy atom. The number of nitrogens with zero attached hydrogens (tertiary/aromatic N) is 2. The van der Waals surface area contributed by atoms with Crippen molar-refractivity contribution in [2.24, 2.45) is 5.92 Å². The second-order valence-electron chi connectivity index (χ2n) is 11.1. The number of nitrogens with one attached hydrogen (secondary N) is 1. The molecule has 2 amide bonds. The van der Waals surface area contributed by atoms with Crippen molar-refractivity contribution >= 4 is 11.8 Å². The maximum atomic E-state index is 13.0. The summed E-state index contributed by atoms with van der Waals surface area (Å²) in [6.45, 7) is 7.43. The molecular formula is C28H37N3O4. The van der Waals surface area contributed by atoms with Crippen molar-refractivity contribution in [3.63, 3.8) is 0 Å². The lowest BCUT2D eigenvalue weighted by Gasteiger charge is -2.38. The van der Waals surface area contributed by atoms with Gasteiger partial charge in [0.25, 0.3) is 5.91 Å². The van der Waals surface area contributed by atoms with Gasteiger partial charge in [-0.3, -0.25) is 14.5 Å². The van der Waals surface area contributed by atoms with E-state index >= 15 is 0 Å². The van der Waals surface area contributed by atoms with E-state index in [1.807, 2.05) is 18.2 Å². The molecule has 2 aliphatic carbocycles. The average Bonchev–Trinajstić information content (AvgIpc) is 3.49. The molecule has 4 fully saturated rings. The van der Waals surface area contributed by atoms with E-state index < -0.39 is 6.04 Å². The van der Waals surface area contributed by atoms with Crippen LogP contribution < -0.4 is 10.1 Å². The first-order valence-corrected chi connectivity index (χ1v) is 13.5. The van der Waals surface area contributed by atoms with Gasteiger partial charge in [0.1, 0.15) is 17.9 Å². The van der Waals surface area contributed by atoms with Gasteiger partial charge in [-0.2, -0.15) is 0 Å². The molecule has 5 aliphatic rings. The number of likely N-dealkylation sites (tertiary alicyclic amines) is 1. The standard InChI is InChI=1S/C28H37N3O4/c1-18-5-10-25(27(32)29-18)31-16-20-15-22(8-9-23(20)28(31)33)35-26-4-2-3-24(26)30-13-11-21(12-14-30)34-17-19-6-7-19/h8-9,15,19,21,24-26H,1-7,10-14,16-17H2,(H,29,32)/t24-,25?,26+/m1/s1. The number of allylic oxidation sites excluding steroid dienone is 1. The quantitative estimate of drug-likeness (QED) is 0.647. The molecule has 35 heavy (non-hydrogen) atoms. The number of hydrogen-bond acceptors (Lipinski definition) is 5. The van der Waals surface area contributed by atoms with Gasteiger partial charge in [0.2, 0.25) is 5.91 Å². The molecule has 2 saturated heterocycles. The third-order valence-electron chi connectivity index (χ3n) is 8.52. The van der Waals surface area contributed by atoms with Crippen molar-refractivity contribution in [3.05, 3.63) is 41.6 Å². The van der Waals surface area contributed by atoms with Gasteiger partial charge in [0, 0.05) is 43.5 Å². The maximum absolute atomic E-state index is 13.0. The van der Waals surface area contributed by atoms with E-state index in [2.05, 4.69) is 16.8 Å². The number of carbonyl (C=O) groups excluding carboxylic acids is 2. The number of carbonyl (C=O) groups is 2. The van der Waals surface area contributed by atoms with Crippen molar-refractivity contribution in [2.45, 2.75) is 88.6 Å². The molecule has 2 saturated carbocycles. The maximum Gasteiger partial charge on any atom is 0.255 e. The molecule has 0 aromatic heterocycles. The molecule has 188 valence electrons. The van der Waals surface area contributed by atoms with Gasteiger partial charge in [-0.05, 0) is 87.5 Å². The number of rotatable bonds is 7. The van der Waals surface area contributed by atoms with Crippen molar-refractivity contribution in [1.82, 2.24) is 15.1 Å². The van der Waals surface area contributed by atoms with Crippen molar-refractivity contribution < 1.29 is 19.1 Å². The molecule has 1 aromatic carbocycles. The molecule has 3 aliphatic heterocycles. The highest BCUT2D eigenvalue weighted by Gasteiger charge is 2.39. The molecule has 3 heterocycles. The molecule has 0 spiro atoms. The molecule has 6 rings (SSSR count). The van der Waals surface area contributed by atoms with Gasteiger partial charge in [0.05, 0.1) is 6.10 Å². The zero-order chi connectivity index (χ0) is 23.9. The van der Waals surface area contributed by atoms with Crippen LogP contribution in [0.2, 0.25) is 0 Å². The van der Waals surface area contributed by atoms with Crippen LogP contribution in [0.1, 0.15) is 73.7 Å². The molecule has 0 radical (unpaired) electrons. The van der Waals surface area contributed by atoms with E-state index in [1.54, 1.807) is 4.90 Å². The number of hydrogen-bond donors (Lipinski definition) is 1. The van der Waals surface area contributed by atoms with Crippen LogP contribution in [0.3, 0.4) is 0 Å². The summed E-state index contributed by atoms with van der Waals surface area (Å²) in [6, 6.07) is 5.83. The smallest absolute Gasteiger partial charge is 0.255 e. The van der Waals surface area contributed by atoms with E-state index in [0.29, 0.717) is 37.1 Å². The highest BCUT2D eigenvalue weighted by Crippen LogP contribution is 2.35. The molecule has 1 N–H and O–H groups in total. The minimum atomic E-state index is -0.430. The minimum absolute atomic E-state index is 0.0651. The van der Waals surface area contributed by atoms with E-state index in [4.69, 9.17) is 9.47 Å². The first kappa shape index (κ1) is 23.0. The Balaban J connectivity index is 1.06. The lowest BCUT2D eigenvalue weighted by Crippen LogP contribution is -2.49. The van der Waals surface area contributed by atoms with Crippen LogP contribution >= 0.6 is 0 Å². The Kier molecular flexibility index (Phi) is 6.31. The van der Waals surface area contributed by atoms with Gasteiger partial charge in [-0.1, -0.05) is 6.58 Å². The zero-order valence-electron chi connectivity index (χ0n) is 20.5. The summed E-state index contributed by atoms with van der Waals surface area (Å²) in [4.78, 5) is 29.8. The highest BCUT2D eigenvalue weighted by atomic mass is 16.5. The molecule has 7 heteroatoms. The number of fused-ring (bicyclic) bond motifs is 1. The molecule has 1 unspecified atom stereocenters. The van der Waals surface area contributed by atoms with Crippen LogP contribution in [0.25, 0.3) is 0 Å². The number of amides is 2. The first-order chi connectivity index (χ1) is 17.0. The topological polar surface area (TPSA) is 71.1 Å². The monoisotopic (exact) mass is 479 g/mol. The third-order valence-corrected chi connectivity index (χ3v) is 8.52. The second kappa shape index (κ2) is 9.58. The molecule has 1 aromatic rings. The van der Waals surface area contributed by atoms with Gasteiger partial charge in [-0.25, -0.2) is 0 Å². The summed E-state index contributed by atoms with van der Waals surface area (Å²) in [6.07, 6.45) is 10.3. The van der Waals surface area contributed by atoms with Crippen LogP contribution in [-0.4, -0.2) is 65.6 Å². The summed E-state index contributed by atoms with van der Waals surface area (Å²) in [5.74, 6) is 1.47. The van der Waals surface area contributed by atoms with Crippen LogP contribution in [0, 0.1) is 5.92 Å². The Morgan fingerprint density at radius 2 is 1.86 bits per heavy atom. The summed E-state index contributed by atoms with van der Waals surface area (Å²) in [5.41, 5.74) is 2.37. The van der Waals surface area contributed by atoms with E-state index in [1.165, 1.54) is 25.7 Å². The lowest BCUT2D eigenvalue weighted by molar-refractivity contribution is -0.126. The fourth-order valence-corrected chi connectivity index (χ4v) is 6.27. The second-order valence-corrected chi connectivity index (χ2v) is 11.1. The van der Waals surface area contributed by atoms with Gasteiger partial charge in [0.15, 0.2) is 0 Å². The Bertz CT molecular complexity index is 998. The minimum Gasteiger partial charge on any atom is -0.489 e. The van der Waals surface area contributed by atoms with Gasteiger partial charge < -0.3 is 19.7 Å². The van der Waals surface area contributed by atoms with Crippen LogP contribution in [-0.2, 0) is 16.1 Å².